The van der Waals surface area contributed by atoms with Gasteiger partial charge < -0.3 is 20.8 Å². The van der Waals surface area contributed by atoms with Gasteiger partial charge in [-0.2, -0.15) is 0 Å². The van der Waals surface area contributed by atoms with Crippen LogP contribution in [0.2, 0.25) is 0 Å². The molecule has 0 aromatic carbocycles. The number of amides is 2. The first-order valence-corrected chi connectivity index (χ1v) is 9.69. The van der Waals surface area contributed by atoms with E-state index in [0.717, 1.165) is 5.76 Å². The molecule has 130 valence electrons. The first-order valence-electron chi connectivity index (χ1n) is 7.01. The van der Waals surface area contributed by atoms with E-state index in [-0.39, 0.29) is 11.7 Å². The van der Waals surface area contributed by atoms with Crippen molar-refractivity contribution >= 4 is 56.4 Å². The Morgan fingerprint density at radius 3 is 2.96 bits per heavy atom. The monoisotopic (exact) mass is 395 g/mol. The van der Waals surface area contributed by atoms with Gasteiger partial charge in [0, 0.05) is 0 Å². The Hall–Kier alpha value is -2.37. The molecule has 0 aliphatic rings. The highest BCUT2D eigenvalue weighted by Gasteiger charge is 2.13. The summed E-state index contributed by atoms with van der Waals surface area (Å²) in [4.78, 5) is 23.2. The van der Waals surface area contributed by atoms with E-state index in [4.69, 9.17) is 10.2 Å². The largest absolute Gasteiger partial charge is 0.467 e. The smallest absolute Gasteiger partial charge is 0.251 e. The van der Waals surface area contributed by atoms with E-state index in [1.165, 1.54) is 34.4 Å². The molecule has 0 aliphatic carbocycles. The molecule has 0 bridgehead atoms. The summed E-state index contributed by atoms with van der Waals surface area (Å²) in [5.41, 5.74) is 5.56. The number of hydrogen-bond donors (Lipinski definition) is 3. The molecule has 3 aromatic heterocycles. The number of nitrogens with one attached hydrogen (secondary N) is 2. The van der Waals surface area contributed by atoms with Crippen molar-refractivity contribution in [3.05, 3.63) is 41.2 Å². The van der Waals surface area contributed by atoms with Crippen molar-refractivity contribution in [1.29, 1.82) is 0 Å². The average molecular weight is 395 g/mol. The lowest BCUT2D eigenvalue weighted by atomic mass is 10.3. The predicted octanol–water partition coefficient (Wildman–Crippen LogP) is 2.63. The van der Waals surface area contributed by atoms with Crippen molar-refractivity contribution in [2.24, 2.45) is 5.73 Å². The number of furan rings is 1. The number of anilines is 2. The molecule has 3 rings (SSSR count). The van der Waals surface area contributed by atoms with Crippen LogP contribution in [0.5, 0.6) is 0 Å². The van der Waals surface area contributed by atoms with Crippen LogP contribution in [0, 0.1) is 0 Å². The van der Waals surface area contributed by atoms with Crippen LogP contribution in [0.25, 0.3) is 0 Å². The molecule has 0 spiro atoms. The Bertz CT molecular complexity index is 859. The van der Waals surface area contributed by atoms with Gasteiger partial charge in [0.05, 0.1) is 24.1 Å². The van der Waals surface area contributed by atoms with E-state index < -0.39 is 5.91 Å². The van der Waals surface area contributed by atoms with Crippen LogP contribution >= 0.6 is 34.4 Å². The molecular weight excluding hydrogens is 382 g/mol. The Morgan fingerprint density at radius 2 is 2.20 bits per heavy atom. The highest BCUT2D eigenvalue weighted by Crippen LogP contribution is 2.27. The fourth-order valence-corrected chi connectivity index (χ4v) is 4.16. The standard InChI is InChI=1S/C14H13N5O3S3/c15-11(21)9-3-5-23-12(9)17-10(20)7-24-14-19-18-13(25-14)16-6-8-2-1-4-22-8/h1-5H,6-7H2,(H2,15,21)(H,16,18)(H,17,20). The Balaban J connectivity index is 1.47. The van der Waals surface area contributed by atoms with Gasteiger partial charge in [-0.1, -0.05) is 23.1 Å². The maximum absolute atomic E-state index is 12.0. The van der Waals surface area contributed by atoms with E-state index >= 15 is 0 Å². The Morgan fingerprint density at radius 1 is 1.32 bits per heavy atom. The van der Waals surface area contributed by atoms with E-state index in [2.05, 4.69) is 20.8 Å². The number of carbonyl (C=O) groups is 2. The van der Waals surface area contributed by atoms with Crippen LogP contribution in [-0.2, 0) is 11.3 Å². The summed E-state index contributed by atoms with van der Waals surface area (Å²) in [5.74, 6) is 0.143. The summed E-state index contributed by atoms with van der Waals surface area (Å²) in [5, 5.41) is 16.6. The zero-order valence-electron chi connectivity index (χ0n) is 12.7. The van der Waals surface area contributed by atoms with Gasteiger partial charge >= 0.3 is 0 Å². The Labute approximate surface area is 154 Å². The first-order chi connectivity index (χ1) is 12.1. The Kier molecular flexibility index (Phi) is 5.68. The number of hydrogen-bond acceptors (Lipinski definition) is 9. The molecule has 0 aliphatic heterocycles. The van der Waals surface area contributed by atoms with Crippen molar-refractivity contribution in [2.45, 2.75) is 10.9 Å². The average Bonchev–Trinajstić information content (AvgIpc) is 3.32. The van der Waals surface area contributed by atoms with E-state index in [1.807, 2.05) is 12.1 Å². The van der Waals surface area contributed by atoms with Crippen molar-refractivity contribution < 1.29 is 14.0 Å². The quantitative estimate of drug-likeness (QED) is 0.501. The molecule has 0 atom stereocenters. The third-order valence-electron chi connectivity index (χ3n) is 2.91. The van der Waals surface area contributed by atoms with Gasteiger partial charge in [-0.3, -0.25) is 9.59 Å². The molecule has 4 N–H and O–H groups in total. The minimum atomic E-state index is -0.569. The van der Waals surface area contributed by atoms with Crippen LogP contribution < -0.4 is 16.4 Å². The van der Waals surface area contributed by atoms with Crippen molar-refractivity contribution in [3.63, 3.8) is 0 Å². The van der Waals surface area contributed by atoms with Crippen LogP contribution in [-0.4, -0.2) is 27.8 Å². The normalized spacial score (nSPS) is 10.6. The van der Waals surface area contributed by atoms with Gasteiger partial charge in [0.2, 0.25) is 11.0 Å². The van der Waals surface area contributed by atoms with E-state index in [0.29, 0.717) is 26.6 Å². The molecule has 3 heterocycles. The number of rotatable bonds is 8. The number of thiophene rings is 1. The van der Waals surface area contributed by atoms with Crippen LogP contribution in [0.15, 0.2) is 38.6 Å². The number of primary amides is 1. The van der Waals surface area contributed by atoms with Gasteiger partial charge in [-0.25, -0.2) is 0 Å². The van der Waals surface area contributed by atoms with Crippen LogP contribution in [0.4, 0.5) is 10.1 Å². The molecule has 3 aromatic rings. The summed E-state index contributed by atoms with van der Waals surface area (Å²) in [6.45, 7) is 0.515. The fourth-order valence-electron chi connectivity index (χ4n) is 1.81. The highest BCUT2D eigenvalue weighted by molar-refractivity contribution is 8.01. The maximum atomic E-state index is 12.0. The lowest BCUT2D eigenvalue weighted by molar-refractivity contribution is -0.113. The molecule has 8 nitrogen and oxygen atoms in total. The number of nitrogens with zero attached hydrogens (tertiary/aromatic N) is 2. The third kappa shape index (κ3) is 4.81. The van der Waals surface area contributed by atoms with Crippen LogP contribution in [0.1, 0.15) is 16.1 Å². The van der Waals surface area contributed by atoms with Gasteiger partial charge in [-0.15, -0.1) is 21.5 Å². The second-order valence-electron chi connectivity index (χ2n) is 4.67. The maximum Gasteiger partial charge on any atom is 0.251 e. The van der Waals surface area contributed by atoms with Crippen LogP contribution in [0.3, 0.4) is 0 Å². The van der Waals surface area contributed by atoms with E-state index in [1.54, 1.807) is 17.7 Å². The van der Waals surface area contributed by atoms with Gasteiger partial charge in [0.25, 0.3) is 5.91 Å². The molecule has 0 saturated carbocycles. The number of carbonyl (C=O) groups excluding carboxylic acids is 2. The summed E-state index contributed by atoms with van der Waals surface area (Å²) in [6, 6.07) is 5.25. The summed E-state index contributed by atoms with van der Waals surface area (Å²) < 4.78 is 5.89. The van der Waals surface area contributed by atoms with Crippen molar-refractivity contribution in [1.82, 2.24) is 10.2 Å². The molecule has 0 fully saturated rings. The van der Waals surface area contributed by atoms with Crippen molar-refractivity contribution in [3.8, 4) is 0 Å². The minimum Gasteiger partial charge on any atom is -0.467 e. The van der Waals surface area contributed by atoms with E-state index in [9.17, 15) is 9.59 Å². The molecule has 25 heavy (non-hydrogen) atoms. The fraction of sp³-hybridized carbons (Fsp3) is 0.143. The summed E-state index contributed by atoms with van der Waals surface area (Å²) >= 11 is 3.87. The number of aromatic nitrogens is 2. The summed E-state index contributed by atoms with van der Waals surface area (Å²) in [7, 11) is 0. The SMILES string of the molecule is NC(=O)c1ccsc1NC(=O)CSc1nnc(NCc2ccco2)s1. The zero-order chi connectivity index (χ0) is 17.6. The second kappa shape index (κ2) is 8.14. The first kappa shape index (κ1) is 17.5. The molecule has 0 unspecified atom stereocenters. The van der Waals surface area contributed by atoms with Gasteiger partial charge in [0.15, 0.2) is 4.34 Å². The highest BCUT2D eigenvalue weighted by atomic mass is 32.2. The molecule has 0 radical (unpaired) electrons. The number of thioether (sulfide) groups is 1. The lowest BCUT2D eigenvalue weighted by Crippen LogP contribution is -2.17. The topological polar surface area (TPSA) is 123 Å². The van der Waals surface area contributed by atoms with Gasteiger partial charge in [0.1, 0.15) is 10.8 Å². The molecular formula is C14H13N5O3S3. The van der Waals surface area contributed by atoms with Crippen molar-refractivity contribution in [2.75, 3.05) is 16.4 Å². The zero-order valence-corrected chi connectivity index (χ0v) is 15.2. The summed E-state index contributed by atoms with van der Waals surface area (Å²) in [6.07, 6.45) is 1.61. The molecule has 11 heteroatoms. The number of nitrogens with two attached hydrogens (primary N) is 1. The minimum absolute atomic E-state index is 0.156. The lowest BCUT2D eigenvalue weighted by Gasteiger charge is -2.03. The molecule has 0 saturated heterocycles. The third-order valence-corrected chi connectivity index (χ3v) is 5.75. The predicted molar refractivity (Wildman–Crippen MR) is 98.1 cm³/mol. The molecule has 2 amide bonds. The van der Waals surface area contributed by atoms with Gasteiger partial charge in [-0.05, 0) is 23.6 Å². The second-order valence-corrected chi connectivity index (χ2v) is 7.79.